The van der Waals surface area contributed by atoms with Gasteiger partial charge in [0.15, 0.2) is 0 Å². The number of hydrogen-bond donors (Lipinski definition) is 1. The molecule has 1 aliphatic rings. The molecule has 2 aromatic carbocycles. The van der Waals surface area contributed by atoms with Crippen molar-refractivity contribution in [3.63, 3.8) is 0 Å². The number of hydrogen-bond acceptors (Lipinski definition) is 3. The number of carbonyl (C=O) groups is 1. The fraction of sp³-hybridized carbons (Fsp3) is 0.273. The van der Waals surface area contributed by atoms with Crippen LogP contribution in [0.4, 0.5) is 15.8 Å². The van der Waals surface area contributed by atoms with Gasteiger partial charge in [-0.3, -0.25) is 9.78 Å². The molecule has 0 unspecified atom stereocenters. The smallest absolute Gasteiger partial charge is 0.257 e. The Morgan fingerprint density at radius 2 is 1.96 bits per heavy atom. The van der Waals surface area contributed by atoms with Gasteiger partial charge in [-0.1, -0.05) is 17.7 Å². The van der Waals surface area contributed by atoms with Gasteiger partial charge in [0.25, 0.3) is 5.91 Å². The minimum Gasteiger partial charge on any atom is -0.354 e. The molecule has 28 heavy (non-hydrogen) atoms. The quantitative estimate of drug-likeness (QED) is 0.616. The molecule has 4 rings (SSSR count). The molecule has 1 N–H and O–H groups in total. The van der Waals surface area contributed by atoms with Crippen LogP contribution < -0.4 is 5.32 Å². The van der Waals surface area contributed by atoms with Crippen LogP contribution in [-0.2, 0) is 0 Å². The molecule has 1 aliphatic heterocycles. The number of rotatable bonds is 3. The molecule has 1 amide bonds. The number of aromatic nitrogens is 1. The summed E-state index contributed by atoms with van der Waals surface area (Å²) in [6.45, 7) is 3.37. The van der Waals surface area contributed by atoms with Gasteiger partial charge in [-0.05, 0) is 62.1 Å². The van der Waals surface area contributed by atoms with Crippen molar-refractivity contribution in [2.24, 2.45) is 0 Å². The number of piperidine rings is 1. The van der Waals surface area contributed by atoms with Crippen LogP contribution >= 0.6 is 11.6 Å². The lowest BCUT2D eigenvalue weighted by Gasteiger charge is -2.28. The molecule has 3 aromatic rings. The lowest BCUT2D eigenvalue weighted by Crippen LogP contribution is -2.36. The second kappa shape index (κ2) is 7.76. The van der Waals surface area contributed by atoms with Crippen molar-refractivity contribution in [2.45, 2.75) is 26.2 Å². The molecule has 0 atom stereocenters. The highest BCUT2D eigenvalue weighted by molar-refractivity contribution is 6.31. The van der Waals surface area contributed by atoms with E-state index in [-0.39, 0.29) is 11.7 Å². The van der Waals surface area contributed by atoms with Gasteiger partial charge in [0, 0.05) is 35.4 Å². The summed E-state index contributed by atoms with van der Waals surface area (Å²) >= 11 is 6.26. The van der Waals surface area contributed by atoms with Crippen molar-refractivity contribution in [2.75, 3.05) is 18.4 Å². The van der Waals surface area contributed by atoms with E-state index in [0.29, 0.717) is 27.2 Å². The van der Waals surface area contributed by atoms with Crippen LogP contribution in [0.1, 0.15) is 35.2 Å². The number of pyridine rings is 1. The van der Waals surface area contributed by atoms with E-state index in [9.17, 15) is 9.18 Å². The third kappa shape index (κ3) is 3.54. The van der Waals surface area contributed by atoms with Gasteiger partial charge >= 0.3 is 0 Å². The number of benzene rings is 2. The van der Waals surface area contributed by atoms with E-state index in [4.69, 9.17) is 11.6 Å². The molecular formula is C22H21ClFN3O. The number of halogens is 2. The lowest BCUT2D eigenvalue weighted by atomic mass is 10.0. The fourth-order valence-electron chi connectivity index (χ4n) is 3.61. The zero-order chi connectivity index (χ0) is 19.7. The SMILES string of the molecule is Cc1c(Cl)cccc1Nc1c(C(=O)N2CCCCC2)cnc2ccc(F)cc12. The van der Waals surface area contributed by atoms with Crippen LogP contribution in [0.3, 0.4) is 0 Å². The highest BCUT2D eigenvalue weighted by Gasteiger charge is 2.23. The van der Waals surface area contributed by atoms with E-state index in [1.54, 1.807) is 12.3 Å². The number of likely N-dealkylation sites (tertiary alicyclic amines) is 1. The number of nitrogens with one attached hydrogen (secondary N) is 1. The molecule has 0 saturated carbocycles. The average Bonchev–Trinajstić information content (AvgIpc) is 2.72. The molecule has 6 heteroatoms. The molecular weight excluding hydrogens is 377 g/mol. The minimum absolute atomic E-state index is 0.0828. The number of nitrogens with zero attached hydrogens (tertiary/aromatic N) is 2. The van der Waals surface area contributed by atoms with Gasteiger partial charge in [-0.2, -0.15) is 0 Å². The largest absolute Gasteiger partial charge is 0.354 e. The summed E-state index contributed by atoms with van der Waals surface area (Å²) in [6, 6.07) is 9.95. The first-order valence-corrected chi connectivity index (χ1v) is 9.82. The predicted octanol–water partition coefficient (Wildman–Crippen LogP) is 5.71. The molecule has 1 saturated heterocycles. The number of carbonyl (C=O) groups excluding carboxylic acids is 1. The van der Waals surface area contributed by atoms with Crippen molar-refractivity contribution >= 4 is 39.8 Å². The van der Waals surface area contributed by atoms with E-state index in [1.807, 2.05) is 30.0 Å². The van der Waals surface area contributed by atoms with E-state index < -0.39 is 0 Å². The van der Waals surface area contributed by atoms with Crippen LogP contribution in [0.2, 0.25) is 5.02 Å². The molecule has 0 aliphatic carbocycles. The molecule has 1 fully saturated rings. The van der Waals surface area contributed by atoms with Crippen molar-refractivity contribution in [1.82, 2.24) is 9.88 Å². The Balaban J connectivity index is 1.86. The van der Waals surface area contributed by atoms with Gasteiger partial charge in [-0.15, -0.1) is 0 Å². The Morgan fingerprint density at radius 1 is 1.18 bits per heavy atom. The standard InChI is InChI=1S/C22H21ClFN3O/c1-14-18(23)6-5-7-19(14)26-21-16-12-15(24)8-9-20(16)25-13-17(21)22(28)27-10-3-2-4-11-27/h5-9,12-13H,2-4,10-11H2,1H3,(H,25,26). The van der Waals surface area contributed by atoms with Crippen molar-refractivity contribution in [3.8, 4) is 0 Å². The number of fused-ring (bicyclic) bond motifs is 1. The van der Waals surface area contributed by atoms with E-state index in [1.165, 1.54) is 12.1 Å². The Morgan fingerprint density at radius 3 is 2.75 bits per heavy atom. The van der Waals surface area contributed by atoms with E-state index in [0.717, 1.165) is 43.6 Å². The third-order valence-electron chi connectivity index (χ3n) is 5.23. The van der Waals surface area contributed by atoms with Crippen LogP contribution in [0.5, 0.6) is 0 Å². The maximum absolute atomic E-state index is 14.0. The first-order chi connectivity index (χ1) is 13.5. The van der Waals surface area contributed by atoms with E-state index >= 15 is 0 Å². The van der Waals surface area contributed by atoms with Crippen LogP contribution in [0.15, 0.2) is 42.6 Å². The first kappa shape index (κ1) is 18.7. The summed E-state index contributed by atoms with van der Waals surface area (Å²) < 4.78 is 14.0. The van der Waals surface area contributed by atoms with Gasteiger partial charge in [0.2, 0.25) is 0 Å². The lowest BCUT2D eigenvalue weighted by molar-refractivity contribution is 0.0725. The normalized spacial score (nSPS) is 14.3. The molecule has 1 aromatic heterocycles. The van der Waals surface area contributed by atoms with Crippen LogP contribution in [0, 0.1) is 12.7 Å². The molecule has 2 heterocycles. The Hall–Kier alpha value is -2.66. The summed E-state index contributed by atoms with van der Waals surface area (Å²) in [5, 5.41) is 4.53. The maximum Gasteiger partial charge on any atom is 0.257 e. The maximum atomic E-state index is 14.0. The fourth-order valence-corrected chi connectivity index (χ4v) is 3.78. The highest BCUT2D eigenvalue weighted by Crippen LogP contribution is 2.33. The highest BCUT2D eigenvalue weighted by atomic mass is 35.5. The summed E-state index contributed by atoms with van der Waals surface area (Å²) in [7, 11) is 0. The van der Waals surface area contributed by atoms with Crippen molar-refractivity contribution in [1.29, 1.82) is 0 Å². The number of anilines is 2. The average molecular weight is 398 g/mol. The van der Waals surface area contributed by atoms with Crippen LogP contribution in [0.25, 0.3) is 10.9 Å². The molecule has 0 radical (unpaired) electrons. The van der Waals surface area contributed by atoms with Gasteiger partial charge < -0.3 is 10.2 Å². The monoisotopic (exact) mass is 397 g/mol. The van der Waals surface area contributed by atoms with Gasteiger partial charge in [-0.25, -0.2) is 4.39 Å². The van der Waals surface area contributed by atoms with Crippen LogP contribution in [-0.4, -0.2) is 28.9 Å². The molecule has 0 bridgehead atoms. The first-order valence-electron chi connectivity index (χ1n) is 9.44. The summed E-state index contributed by atoms with van der Waals surface area (Å²) in [4.78, 5) is 19.5. The summed E-state index contributed by atoms with van der Waals surface area (Å²) in [5.41, 5.74) is 3.27. The summed E-state index contributed by atoms with van der Waals surface area (Å²) in [5.74, 6) is -0.455. The van der Waals surface area contributed by atoms with Crippen molar-refractivity contribution in [3.05, 3.63) is 64.6 Å². The third-order valence-corrected chi connectivity index (χ3v) is 5.64. The zero-order valence-electron chi connectivity index (χ0n) is 15.6. The molecule has 144 valence electrons. The van der Waals surface area contributed by atoms with Crippen molar-refractivity contribution < 1.29 is 9.18 Å². The summed E-state index contributed by atoms with van der Waals surface area (Å²) in [6.07, 6.45) is 4.71. The Kier molecular flexibility index (Phi) is 5.18. The second-order valence-electron chi connectivity index (χ2n) is 7.10. The number of amides is 1. The van der Waals surface area contributed by atoms with Gasteiger partial charge in [0.05, 0.1) is 16.8 Å². The molecule has 4 nitrogen and oxygen atoms in total. The topological polar surface area (TPSA) is 45.2 Å². The van der Waals surface area contributed by atoms with Gasteiger partial charge in [0.1, 0.15) is 5.82 Å². The molecule has 0 spiro atoms. The zero-order valence-corrected chi connectivity index (χ0v) is 16.4. The Labute approximate surface area is 168 Å². The predicted molar refractivity (Wildman–Crippen MR) is 111 cm³/mol. The minimum atomic E-state index is -0.372. The Bertz CT molecular complexity index is 1050. The van der Waals surface area contributed by atoms with E-state index in [2.05, 4.69) is 10.3 Å². The second-order valence-corrected chi connectivity index (χ2v) is 7.51.